The Morgan fingerprint density at radius 2 is 2.03 bits per heavy atom. The van der Waals surface area contributed by atoms with Gasteiger partial charge in [-0.25, -0.2) is 9.37 Å². The van der Waals surface area contributed by atoms with Crippen LogP contribution in [0.5, 0.6) is 0 Å². The van der Waals surface area contributed by atoms with E-state index in [0.29, 0.717) is 48.6 Å². The Bertz CT molecular complexity index is 1120. The SMILES string of the molecule is CNCCNC(=O)c1cc(C(C)Nc2cccc(F)c2)c2nc(N3CCOCC3)cnc2c1. The highest BCUT2D eigenvalue weighted by Crippen LogP contribution is 2.28. The zero-order valence-electron chi connectivity index (χ0n) is 18.9. The number of amides is 1. The molecule has 1 aromatic heterocycles. The van der Waals surface area contributed by atoms with Crippen LogP contribution in [0.4, 0.5) is 15.9 Å². The number of carbonyl (C=O) groups excluding carboxylic acids is 1. The van der Waals surface area contributed by atoms with E-state index >= 15 is 0 Å². The van der Waals surface area contributed by atoms with E-state index in [2.05, 4.69) is 25.8 Å². The highest BCUT2D eigenvalue weighted by molar-refractivity contribution is 5.98. The van der Waals surface area contributed by atoms with E-state index in [-0.39, 0.29) is 17.8 Å². The third-order valence-electron chi connectivity index (χ3n) is 5.60. The summed E-state index contributed by atoms with van der Waals surface area (Å²) in [5, 5.41) is 9.25. The van der Waals surface area contributed by atoms with Gasteiger partial charge in [0.2, 0.25) is 0 Å². The largest absolute Gasteiger partial charge is 0.378 e. The summed E-state index contributed by atoms with van der Waals surface area (Å²) >= 11 is 0. The first-order valence-electron chi connectivity index (χ1n) is 11.1. The average Bonchev–Trinajstić information content (AvgIpc) is 2.83. The Balaban J connectivity index is 1.72. The van der Waals surface area contributed by atoms with Crippen molar-refractivity contribution in [3.8, 4) is 0 Å². The second kappa shape index (κ2) is 10.5. The number of anilines is 2. The number of hydrogen-bond donors (Lipinski definition) is 3. The minimum Gasteiger partial charge on any atom is -0.378 e. The third kappa shape index (κ3) is 5.55. The first-order valence-corrected chi connectivity index (χ1v) is 11.1. The summed E-state index contributed by atoms with van der Waals surface area (Å²) in [6.45, 7) is 5.95. The number of benzene rings is 2. The van der Waals surface area contributed by atoms with Crippen molar-refractivity contribution in [2.75, 3.05) is 56.7 Å². The number of fused-ring (bicyclic) bond motifs is 1. The van der Waals surface area contributed by atoms with Gasteiger partial charge < -0.3 is 25.6 Å². The van der Waals surface area contributed by atoms with Gasteiger partial charge in [0, 0.05) is 43.0 Å². The van der Waals surface area contributed by atoms with Crippen LogP contribution in [-0.2, 0) is 4.74 Å². The van der Waals surface area contributed by atoms with Crippen molar-refractivity contribution in [2.45, 2.75) is 13.0 Å². The molecule has 1 saturated heterocycles. The maximum absolute atomic E-state index is 13.7. The van der Waals surface area contributed by atoms with Crippen molar-refractivity contribution in [1.82, 2.24) is 20.6 Å². The van der Waals surface area contributed by atoms with Gasteiger partial charge in [0.1, 0.15) is 11.6 Å². The molecule has 0 saturated carbocycles. The lowest BCUT2D eigenvalue weighted by Gasteiger charge is -2.28. The third-order valence-corrected chi connectivity index (χ3v) is 5.60. The predicted octanol–water partition coefficient (Wildman–Crippen LogP) is 2.73. The summed E-state index contributed by atoms with van der Waals surface area (Å²) in [7, 11) is 1.84. The lowest BCUT2D eigenvalue weighted by molar-refractivity contribution is 0.0954. The standard InChI is InChI=1S/C24H29FN6O2/c1-16(29-19-5-3-4-18(25)14-19)20-12-17(24(32)27-7-6-26-2)13-21-23(20)30-22(15-28-21)31-8-10-33-11-9-31/h3-5,12-16,26,29H,6-11H2,1-2H3,(H,27,32). The molecule has 8 nitrogen and oxygen atoms in total. The van der Waals surface area contributed by atoms with Gasteiger partial charge in [0.25, 0.3) is 5.91 Å². The second-order valence-corrected chi connectivity index (χ2v) is 8.00. The van der Waals surface area contributed by atoms with E-state index in [4.69, 9.17) is 9.72 Å². The zero-order valence-corrected chi connectivity index (χ0v) is 18.9. The number of carbonyl (C=O) groups is 1. The number of ether oxygens (including phenoxy) is 1. The molecular formula is C24H29FN6O2. The molecule has 0 bridgehead atoms. The number of aromatic nitrogens is 2. The van der Waals surface area contributed by atoms with E-state index in [9.17, 15) is 9.18 Å². The maximum Gasteiger partial charge on any atom is 0.251 e. The van der Waals surface area contributed by atoms with Crippen LogP contribution >= 0.6 is 0 Å². The van der Waals surface area contributed by atoms with Crippen LogP contribution < -0.4 is 20.9 Å². The molecule has 0 aliphatic carbocycles. The zero-order chi connectivity index (χ0) is 23.2. The highest BCUT2D eigenvalue weighted by atomic mass is 19.1. The molecule has 4 rings (SSSR count). The Kier molecular flexibility index (Phi) is 7.31. The van der Waals surface area contributed by atoms with Crippen molar-refractivity contribution < 1.29 is 13.9 Å². The van der Waals surface area contributed by atoms with Gasteiger partial charge in [0.05, 0.1) is 36.5 Å². The Morgan fingerprint density at radius 3 is 2.79 bits per heavy atom. The van der Waals surface area contributed by atoms with Gasteiger partial charge in [-0.15, -0.1) is 0 Å². The summed E-state index contributed by atoms with van der Waals surface area (Å²) in [5.74, 6) is 0.283. The molecular weight excluding hydrogens is 423 g/mol. The van der Waals surface area contributed by atoms with Gasteiger partial charge in [0.15, 0.2) is 0 Å². The Morgan fingerprint density at radius 1 is 1.21 bits per heavy atom. The fourth-order valence-corrected chi connectivity index (χ4v) is 3.85. The smallest absolute Gasteiger partial charge is 0.251 e. The first-order chi connectivity index (χ1) is 16.0. The van der Waals surface area contributed by atoms with E-state index in [1.165, 1.54) is 12.1 Å². The Labute approximate surface area is 192 Å². The fourth-order valence-electron chi connectivity index (χ4n) is 3.85. The second-order valence-electron chi connectivity index (χ2n) is 8.00. The molecule has 174 valence electrons. The molecule has 1 atom stereocenters. The van der Waals surface area contributed by atoms with Gasteiger partial charge in [-0.3, -0.25) is 9.78 Å². The van der Waals surface area contributed by atoms with Crippen LogP contribution in [0.3, 0.4) is 0 Å². The van der Waals surface area contributed by atoms with Gasteiger partial charge in [-0.05, 0) is 44.3 Å². The van der Waals surface area contributed by atoms with Crippen molar-refractivity contribution in [1.29, 1.82) is 0 Å². The average molecular weight is 453 g/mol. The first kappa shape index (κ1) is 22.9. The summed E-state index contributed by atoms with van der Waals surface area (Å²) in [6, 6.07) is 9.67. The van der Waals surface area contributed by atoms with Crippen molar-refractivity contribution in [3.63, 3.8) is 0 Å². The molecule has 2 aromatic carbocycles. The van der Waals surface area contributed by atoms with Crippen LogP contribution in [0.25, 0.3) is 11.0 Å². The molecule has 9 heteroatoms. The highest BCUT2D eigenvalue weighted by Gasteiger charge is 2.19. The molecule has 1 fully saturated rings. The van der Waals surface area contributed by atoms with E-state index in [0.717, 1.165) is 24.5 Å². The van der Waals surface area contributed by atoms with Crippen LogP contribution in [0.2, 0.25) is 0 Å². The quantitative estimate of drug-likeness (QED) is 0.453. The molecule has 1 aliphatic heterocycles. The van der Waals surface area contributed by atoms with E-state index in [1.807, 2.05) is 20.0 Å². The maximum atomic E-state index is 13.7. The summed E-state index contributed by atoms with van der Waals surface area (Å²) in [5.41, 5.74) is 3.32. The molecule has 3 aromatic rings. The minimum absolute atomic E-state index is 0.176. The monoisotopic (exact) mass is 452 g/mol. The van der Waals surface area contributed by atoms with Crippen LogP contribution in [-0.4, -0.2) is 62.3 Å². The molecule has 0 radical (unpaired) electrons. The molecule has 1 aliphatic rings. The number of nitrogens with zero attached hydrogens (tertiary/aromatic N) is 3. The molecule has 0 spiro atoms. The van der Waals surface area contributed by atoms with Crippen molar-refractivity contribution in [3.05, 3.63) is 59.5 Å². The molecule has 1 unspecified atom stereocenters. The van der Waals surface area contributed by atoms with Gasteiger partial charge in [-0.2, -0.15) is 0 Å². The van der Waals surface area contributed by atoms with Gasteiger partial charge >= 0.3 is 0 Å². The van der Waals surface area contributed by atoms with Gasteiger partial charge in [-0.1, -0.05) is 6.07 Å². The number of likely N-dealkylation sites (N-methyl/N-ethyl adjacent to an activating group) is 1. The molecule has 3 N–H and O–H groups in total. The predicted molar refractivity (Wildman–Crippen MR) is 127 cm³/mol. The lowest BCUT2D eigenvalue weighted by Crippen LogP contribution is -2.36. The number of morpholine rings is 1. The number of hydrogen-bond acceptors (Lipinski definition) is 7. The summed E-state index contributed by atoms with van der Waals surface area (Å²) < 4.78 is 19.2. The van der Waals surface area contributed by atoms with Crippen LogP contribution in [0.1, 0.15) is 28.9 Å². The fraction of sp³-hybridized carbons (Fsp3) is 0.375. The van der Waals surface area contributed by atoms with Crippen molar-refractivity contribution >= 4 is 28.4 Å². The summed E-state index contributed by atoms with van der Waals surface area (Å²) in [6.07, 6.45) is 1.74. The summed E-state index contributed by atoms with van der Waals surface area (Å²) in [4.78, 5) is 24.5. The van der Waals surface area contributed by atoms with Crippen LogP contribution in [0, 0.1) is 5.82 Å². The van der Waals surface area contributed by atoms with E-state index < -0.39 is 0 Å². The van der Waals surface area contributed by atoms with Crippen molar-refractivity contribution in [2.24, 2.45) is 0 Å². The minimum atomic E-state index is -0.316. The Hall–Kier alpha value is -3.30. The number of halogens is 1. The van der Waals surface area contributed by atoms with Crippen LogP contribution in [0.15, 0.2) is 42.6 Å². The number of rotatable bonds is 8. The number of nitrogens with one attached hydrogen (secondary N) is 3. The topological polar surface area (TPSA) is 91.4 Å². The molecule has 33 heavy (non-hydrogen) atoms. The molecule has 1 amide bonds. The normalized spacial score (nSPS) is 14.8. The molecule has 2 heterocycles. The van der Waals surface area contributed by atoms with E-state index in [1.54, 1.807) is 24.4 Å². The lowest BCUT2D eigenvalue weighted by atomic mass is 10.0.